The SMILES string of the molecule is Cc1c(N)cc(Br)cc1C(=O)NCC(O)CO. The average molecular weight is 303 g/mol. The van der Waals surface area contributed by atoms with Gasteiger partial charge in [-0.3, -0.25) is 4.79 Å². The fraction of sp³-hybridized carbons (Fsp3) is 0.364. The van der Waals surface area contributed by atoms with E-state index in [-0.39, 0.29) is 19.1 Å². The number of aliphatic hydroxyl groups excluding tert-OH is 2. The minimum Gasteiger partial charge on any atom is -0.398 e. The normalized spacial score (nSPS) is 12.2. The molecule has 0 aliphatic rings. The van der Waals surface area contributed by atoms with Gasteiger partial charge in [0.25, 0.3) is 5.91 Å². The van der Waals surface area contributed by atoms with Gasteiger partial charge in [0.15, 0.2) is 0 Å². The summed E-state index contributed by atoms with van der Waals surface area (Å²) in [6, 6.07) is 3.38. The van der Waals surface area contributed by atoms with Gasteiger partial charge in [-0.05, 0) is 24.6 Å². The fourth-order valence-corrected chi connectivity index (χ4v) is 1.78. The number of benzene rings is 1. The molecule has 0 radical (unpaired) electrons. The van der Waals surface area contributed by atoms with E-state index in [1.165, 1.54) is 0 Å². The van der Waals surface area contributed by atoms with Gasteiger partial charge in [0.1, 0.15) is 0 Å². The smallest absolute Gasteiger partial charge is 0.251 e. The fourth-order valence-electron chi connectivity index (χ4n) is 1.31. The number of rotatable bonds is 4. The maximum atomic E-state index is 11.8. The first kappa shape index (κ1) is 14.0. The van der Waals surface area contributed by atoms with Crippen LogP contribution in [0.2, 0.25) is 0 Å². The van der Waals surface area contributed by atoms with Crippen molar-refractivity contribution in [3.05, 3.63) is 27.7 Å². The molecule has 0 aliphatic heterocycles. The molecule has 1 unspecified atom stereocenters. The lowest BCUT2D eigenvalue weighted by Gasteiger charge is -2.12. The second kappa shape index (κ2) is 6.00. The third kappa shape index (κ3) is 3.69. The van der Waals surface area contributed by atoms with E-state index in [0.717, 1.165) is 0 Å². The van der Waals surface area contributed by atoms with E-state index in [1.807, 2.05) is 0 Å². The Balaban J connectivity index is 2.82. The van der Waals surface area contributed by atoms with E-state index >= 15 is 0 Å². The minimum atomic E-state index is -0.955. The van der Waals surface area contributed by atoms with E-state index in [0.29, 0.717) is 21.3 Å². The van der Waals surface area contributed by atoms with Crippen molar-refractivity contribution in [2.45, 2.75) is 13.0 Å². The maximum Gasteiger partial charge on any atom is 0.251 e. The highest BCUT2D eigenvalue weighted by Gasteiger charge is 2.13. The number of aliphatic hydroxyl groups is 2. The van der Waals surface area contributed by atoms with Gasteiger partial charge in [-0.25, -0.2) is 0 Å². The maximum absolute atomic E-state index is 11.8. The van der Waals surface area contributed by atoms with Crippen molar-refractivity contribution in [2.24, 2.45) is 0 Å². The molecule has 0 fully saturated rings. The molecule has 0 spiro atoms. The average Bonchev–Trinajstić information content (AvgIpc) is 2.30. The van der Waals surface area contributed by atoms with Crippen LogP contribution in [0.15, 0.2) is 16.6 Å². The van der Waals surface area contributed by atoms with Gasteiger partial charge in [-0.2, -0.15) is 0 Å². The van der Waals surface area contributed by atoms with Crippen LogP contribution in [0.1, 0.15) is 15.9 Å². The van der Waals surface area contributed by atoms with Gasteiger partial charge in [0.2, 0.25) is 0 Å². The number of anilines is 1. The topological polar surface area (TPSA) is 95.6 Å². The van der Waals surface area contributed by atoms with Crippen molar-refractivity contribution in [2.75, 3.05) is 18.9 Å². The third-order valence-electron chi connectivity index (χ3n) is 2.37. The lowest BCUT2D eigenvalue weighted by molar-refractivity contribution is 0.0801. The van der Waals surface area contributed by atoms with E-state index in [2.05, 4.69) is 21.2 Å². The highest BCUT2D eigenvalue weighted by atomic mass is 79.9. The van der Waals surface area contributed by atoms with Gasteiger partial charge >= 0.3 is 0 Å². The van der Waals surface area contributed by atoms with Gasteiger partial charge in [-0.1, -0.05) is 15.9 Å². The second-order valence-corrected chi connectivity index (χ2v) is 4.63. The highest BCUT2D eigenvalue weighted by molar-refractivity contribution is 9.10. The predicted molar refractivity (Wildman–Crippen MR) is 68.7 cm³/mol. The summed E-state index contributed by atoms with van der Waals surface area (Å²) in [5.74, 6) is -0.331. The molecule has 0 aromatic heterocycles. The zero-order valence-corrected chi connectivity index (χ0v) is 11.0. The Morgan fingerprint density at radius 2 is 2.24 bits per heavy atom. The number of carbonyl (C=O) groups excluding carboxylic acids is 1. The molecule has 1 amide bonds. The molecular formula is C11H15BrN2O3. The molecule has 5 N–H and O–H groups in total. The molecule has 1 atom stereocenters. The quantitative estimate of drug-likeness (QED) is 0.606. The first-order valence-corrected chi connectivity index (χ1v) is 5.87. The summed E-state index contributed by atoms with van der Waals surface area (Å²) < 4.78 is 0.716. The van der Waals surface area contributed by atoms with Gasteiger partial charge < -0.3 is 21.3 Å². The molecule has 6 heteroatoms. The lowest BCUT2D eigenvalue weighted by Crippen LogP contribution is -2.34. The molecular weight excluding hydrogens is 288 g/mol. The molecule has 0 saturated heterocycles. The molecule has 1 rings (SSSR count). The van der Waals surface area contributed by atoms with Crippen molar-refractivity contribution < 1.29 is 15.0 Å². The monoisotopic (exact) mass is 302 g/mol. The van der Waals surface area contributed by atoms with Crippen LogP contribution in [0.4, 0.5) is 5.69 Å². The molecule has 5 nitrogen and oxygen atoms in total. The predicted octanol–water partition coefficient (Wildman–Crippen LogP) is 0.423. The first-order chi connectivity index (χ1) is 7.95. The largest absolute Gasteiger partial charge is 0.398 e. The van der Waals surface area contributed by atoms with Gasteiger partial charge in [0, 0.05) is 22.3 Å². The molecule has 0 bridgehead atoms. The van der Waals surface area contributed by atoms with E-state index in [1.54, 1.807) is 19.1 Å². The summed E-state index contributed by atoms with van der Waals surface area (Å²) in [4.78, 5) is 11.8. The van der Waals surface area contributed by atoms with Crippen LogP contribution in [-0.2, 0) is 0 Å². The van der Waals surface area contributed by atoms with Gasteiger partial charge in [0.05, 0.1) is 12.7 Å². The van der Waals surface area contributed by atoms with Crippen LogP contribution in [-0.4, -0.2) is 35.4 Å². The zero-order valence-electron chi connectivity index (χ0n) is 9.40. The minimum absolute atomic E-state index is 0.00118. The number of nitrogen functional groups attached to an aromatic ring is 1. The second-order valence-electron chi connectivity index (χ2n) is 3.71. The van der Waals surface area contributed by atoms with Crippen LogP contribution in [0.3, 0.4) is 0 Å². The Bertz CT molecular complexity index is 423. The van der Waals surface area contributed by atoms with E-state index < -0.39 is 6.10 Å². The van der Waals surface area contributed by atoms with Crippen molar-refractivity contribution in [1.29, 1.82) is 0 Å². The summed E-state index contributed by atoms with van der Waals surface area (Å²) >= 11 is 3.26. The molecule has 0 saturated carbocycles. The summed E-state index contributed by atoms with van der Waals surface area (Å²) in [7, 11) is 0. The summed E-state index contributed by atoms with van der Waals surface area (Å²) in [6.45, 7) is 1.36. The van der Waals surface area contributed by atoms with Crippen LogP contribution < -0.4 is 11.1 Å². The summed E-state index contributed by atoms with van der Waals surface area (Å²) in [5, 5.41) is 20.3. The van der Waals surface area contributed by atoms with Gasteiger partial charge in [-0.15, -0.1) is 0 Å². The summed E-state index contributed by atoms with van der Waals surface area (Å²) in [6.07, 6.45) is -0.955. The first-order valence-electron chi connectivity index (χ1n) is 5.08. The van der Waals surface area contributed by atoms with Crippen molar-refractivity contribution in [3.63, 3.8) is 0 Å². The number of hydrogen-bond acceptors (Lipinski definition) is 4. The van der Waals surface area contributed by atoms with Crippen LogP contribution in [0.25, 0.3) is 0 Å². The number of nitrogens with one attached hydrogen (secondary N) is 1. The Kier molecular flexibility index (Phi) is 4.92. The lowest BCUT2D eigenvalue weighted by atomic mass is 10.1. The zero-order chi connectivity index (χ0) is 13.0. The molecule has 17 heavy (non-hydrogen) atoms. The molecule has 1 aromatic rings. The van der Waals surface area contributed by atoms with Crippen LogP contribution >= 0.6 is 15.9 Å². The van der Waals surface area contributed by atoms with Crippen molar-refractivity contribution >= 4 is 27.5 Å². The van der Waals surface area contributed by atoms with E-state index in [4.69, 9.17) is 15.9 Å². The Labute approximate surface area is 108 Å². The van der Waals surface area contributed by atoms with Crippen LogP contribution in [0, 0.1) is 6.92 Å². The molecule has 0 aliphatic carbocycles. The number of hydrogen-bond donors (Lipinski definition) is 4. The van der Waals surface area contributed by atoms with E-state index in [9.17, 15) is 4.79 Å². The van der Waals surface area contributed by atoms with Crippen molar-refractivity contribution in [1.82, 2.24) is 5.32 Å². The number of nitrogens with two attached hydrogens (primary N) is 1. The standard InChI is InChI=1S/C11H15BrN2O3/c1-6-9(2-7(12)3-10(6)13)11(17)14-4-8(16)5-15/h2-3,8,15-16H,4-5,13H2,1H3,(H,14,17). The summed E-state index contributed by atoms with van der Waals surface area (Å²) in [5.41, 5.74) is 7.39. The Hall–Kier alpha value is -1.11. The Morgan fingerprint density at radius 3 is 2.82 bits per heavy atom. The number of amides is 1. The number of halogens is 1. The number of carbonyl (C=O) groups is 1. The molecule has 94 valence electrons. The Morgan fingerprint density at radius 1 is 1.59 bits per heavy atom. The third-order valence-corrected chi connectivity index (χ3v) is 2.82. The highest BCUT2D eigenvalue weighted by Crippen LogP contribution is 2.22. The molecule has 0 heterocycles. The van der Waals surface area contributed by atoms with Crippen LogP contribution in [0.5, 0.6) is 0 Å². The van der Waals surface area contributed by atoms with Crippen molar-refractivity contribution in [3.8, 4) is 0 Å². The molecule has 1 aromatic carbocycles.